The third-order valence-corrected chi connectivity index (χ3v) is 3.24. The lowest BCUT2D eigenvalue weighted by atomic mass is 10.1. The molecule has 1 amide bonds. The van der Waals surface area contributed by atoms with E-state index in [-0.39, 0.29) is 29.2 Å². The fourth-order valence-electron chi connectivity index (χ4n) is 1.42. The Bertz CT molecular complexity index is 484. The van der Waals surface area contributed by atoms with Crippen LogP contribution in [0.4, 0.5) is 5.69 Å². The first kappa shape index (κ1) is 16.2. The highest BCUT2D eigenvalue weighted by Gasteiger charge is 2.07. The normalized spacial score (nSPS) is 9.90. The van der Waals surface area contributed by atoms with Crippen molar-refractivity contribution in [1.29, 1.82) is 0 Å². The Balaban J connectivity index is 2.35. The SMILES string of the molecule is CCOC(=O)CSCC(=O)Nc1ccc(C(C)=O)cc1. The number of hydrogen-bond acceptors (Lipinski definition) is 5. The van der Waals surface area contributed by atoms with E-state index in [1.54, 1.807) is 31.2 Å². The molecule has 1 N–H and O–H groups in total. The van der Waals surface area contributed by atoms with E-state index in [4.69, 9.17) is 4.74 Å². The second-order valence-electron chi connectivity index (χ2n) is 3.98. The Hall–Kier alpha value is -1.82. The molecule has 0 bridgehead atoms. The Morgan fingerprint density at radius 1 is 1.15 bits per heavy atom. The van der Waals surface area contributed by atoms with Gasteiger partial charge in [0.05, 0.1) is 18.1 Å². The van der Waals surface area contributed by atoms with Crippen molar-refractivity contribution >= 4 is 35.1 Å². The van der Waals surface area contributed by atoms with Gasteiger partial charge in [-0.25, -0.2) is 0 Å². The second kappa shape index (κ2) is 8.37. The van der Waals surface area contributed by atoms with Gasteiger partial charge in [0.2, 0.25) is 5.91 Å². The van der Waals surface area contributed by atoms with Gasteiger partial charge < -0.3 is 10.1 Å². The number of amides is 1. The zero-order valence-corrected chi connectivity index (χ0v) is 12.3. The van der Waals surface area contributed by atoms with Crippen molar-refractivity contribution in [2.75, 3.05) is 23.4 Å². The molecule has 0 aromatic heterocycles. The third kappa shape index (κ3) is 5.88. The highest BCUT2D eigenvalue weighted by atomic mass is 32.2. The number of thioether (sulfide) groups is 1. The van der Waals surface area contributed by atoms with Gasteiger partial charge in [-0.1, -0.05) is 0 Å². The van der Waals surface area contributed by atoms with Crippen molar-refractivity contribution in [1.82, 2.24) is 0 Å². The lowest BCUT2D eigenvalue weighted by Crippen LogP contribution is -2.16. The highest BCUT2D eigenvalue weighted by molar-refractivity contribution is 8.00. The molecule has 1 rings (SSSR count). The molecule has 0 saturated heterocycles. The molecule has 20 heavy (non-hydrogen) atoms. The van der Waals surface area contributed by atoms with Gasteiger partial charge in [-0.15, -0.1) is 11.8 Å². The summed E-state index contributed by atoms with van der Waals surface area (Å²) in [6.07, 6.45) is 0. The molecule has 0 saturated carbocycles. The fraction of sp³-hybridized carbons (Fsp3) is 0.357. The van der Waals surface area contributed by atoms with E-state index in [1.165, 1.54) is 18.7 Å². The Kier molecular flexibility index (Phi) is 6.79. The van der Waals surface area contributed by atoms with Crippen LogP contribution in [0.2, 0.25) is 0 Å². The molecule has 0 atom stereocenters. The molecule has 0 unspecified atom stereocenters. The predicted octanol–water partition coefficient (Wildman–Crippen LogP) is 2.12. The molecule has 0 aliphatic heterocycles. The molecule has 5 nitrogen and oxygen atoms in total. The third-order valence-electron chi connectivity index (χ3n) is 2.33. The number of hydrogen-bond donors (Lipinski definition) is 1. The number of anilines is 1. The molecular weight excluding hydrogens is 278 g/mol. The summed E-state index contributed by atoms with van der Waals surface area (Å²) in [6.45, 7) is 3.56. The topological polar surface area (TPSA) is 72.5 Å². The van der Waals surface area contributed by atoms with Crippen LogP contribution in [0.25, 0.3) is 0 Å². The Labute approximate surface area is 122 Å². The number of carbonyl (C=O) groups is 3. The van der Waals surface area contributed by atoms with E-state index in [9.17, 15) is 14.4 Å². The minimum Gasteiger partial charge on any atom is -0.465 e. The fourth-order valence-corrected chi connectivity index (χ4v) is 2.02. The van der Waals surface area contributed by atoms with Gasteiger partial charge in [0.25, 0.3) is 0 Å². The Morgan fingerprint density at radius 2 is 1.80 bits per heavy atom. The first-order valence-corrected chi connectivity index (χ1v) is 7.32. The number of rotatable bonds is 7. The van der Waals surface area contributed by atoms with Crippen LogP contribution >= 0.6 is 11.8 Å². The average molecular weight is 295 g/mol. The molecular formula is C14H17NO4S. The quantitative estimate of drug-likeness (QED) is 0.616. The number of ether oxygens (including phenoxy) is 1. The number of Topliss-reactive ketones (excluding diaryl/α,β-unsaturated/α-hetero) is 1. The van der Waals surface area contributed by atoms with Crippen molar-refractivity contribution in [3.63, 3.8) is 0 Å². The van der Waals surface area contributed by atoms with Gasteiger partial charge in [-0.3, -0.25) is 14.4 Å². The number of ketones is 1. The van der Waals surface area contributed by atoms with E-state index >= 15 is 0 Å². The highest BCUT2D eigenvalue weighted by Crippen LogP contribution is 2.11. The van der Waals surface area contributed by atoms with Gasteiger partial charge >= 0.3 is 5.97 Å². The lowest BCUT2D eigenvalue weighted by molar-refractivity contribution is -0.139. The molecule has 108 valence electrons. The summed E-state index contributed by atoms with van der Waals surface area (Å²) in [5.41, 5.74) is 1.22. The molecule has 0 aliphatic carbocycles. The smallest absolute Gasteiger partial charge is 0.315 e. The number of nitrogens with one attached hydrogen (secondary N) is 1. The monoisotopic (exact) mass is 295 g/mol. The summed E-state index contributed by atoms with van der Waals surface area (Å²) in [4.78, 5) is 33.8. The van der Waals surface area contributed by atoms with Crippen molar-refractivity contribution in [2.24, 2.45) is 0 Å². The Morgan fingerprint density at radius 3 is 2.35 bits per heavy atom. The molecule has 6 heteroatoms. The maximum atomic E-state index is 11.6. The summed E-state index contributed by atoms with van der Waals surface area (Å²) in [6, 6.07) is 6.66. The predicted molar refractivity (Wildman–Crippen MR) is 79.0 cm³/mol. The van der Waals surface area contributed by atoms with Gasteiger partial charge in [-0.2, -0.15) is 0 Å². The first-order valence-electron chi connectivity index (χ1n) is 6.17. The molecule has 0 aliphatic rings. The van der Waals surface area contributed by atoms with Crippen LogP contribution < -0.4 is 5.32 Å². The molecule has 0 fully saturated rings. The van der Waals surface area contributed by atoms with E-state index in [0.29, 0.717) is 17.9 Å². The van der Waals surface area contributed by atoms with Crippen molar-refractivity contribution in [2.45, 2.75) is 13.8 Å². The largest absolute Gasteiger partial charge is 0.465 e. The van der Waals surface area contributed by atoms with Crippen LogP contribution in [0.1, 0.15) is 24.2 Å². The van der Waals surface area contributed by atoms with Gasteiger partial charge in [-0.05, 0) is 38.1 Å². The summed E-state index contributed by atoms with van der Waals surface area (Å²) >= 11 is 1.20. The number of carbonyl (C=O) groups excluding carboxylic acids is 3. The second-order valence-corrected chi connectivity index (χ2v) is 4.97. The van der Waals surface area contributed by atoms with Crippen LogP contribution in [-0.4, -0.2) is 35.8 Å². The van der Waals surface area contributed by atoms with E-state index in [2.05, 4.69) is 5.32 Å². The van der Waals surface area contributed by atoms with E-state index in [0.717, 1.165) is 0 Å². The van der Waals surface area contributed by atoms with E-state index in [1.807, 2.05) is 0 Å². The van der Waals surface area contributed by atoms with Gasteiger partial charge in [0, 0.05) is 11.3 Å². The van der Waals surface area contributed by atoms with Crippen molar-refractivity contribution < 1.29 is 19.1 Å². The van der Waals surface area contributed by atoms with Crippen LogP contribution in [0.15, 0.2) is 24.3 Å². The van der Waals surface area contributed by atoms with Crippen molar-refractivity contribution in [3.8, 4) is 0 Å². The van der Waals surface area contributed by atoms with Crippen LogP contribution in [0.5, 0.6) is 0 Å². The maximum Gasteiger partial charge on any atom is 0.315 e. The van der Waals surface area contributed by atoms with Gasteiger partial charge in [0.1, 0.15) is 0 Å². The van der Waals surface area contributed by atoms with Gasteiger partial charge in [0.15, 0.2) is 5.78 Å². The number of benzene rings is 1. The zero-order chi connectivity index (χ0) is 15.0. The summed E-state index contributed by atoms with van der Waals surface area (Å²) in [5.74, 6) is -0.212. The first-order chi connectivity index (χ1) is 9.52. The summed E-state index contributed by atoms with van der Waals surface area (Å²) in [5, 5.41) is 2.69. The van der Waals surface area contributed by atoms with Crippen molar-refractivity contribution in [3.05, 3.63) is 29.8 Å². The average Bonchev–Trinajstić information content (AvgIpc) is 2.39. The van der Waals surface area contributed by atoms with Crippen LogP contribution in [0.3, 0.4) is 0 Å². The molecule has 0 spiro atoms. The van der Waals surface area contributed by atoms with Crippen LogP contribution in [-0.2, 0) is 14.3 Å². The standard InChI is InChI=1S/C14H17NO4S/c1-3-19-14(18)9-20-8-13(17)15-12-6-4-11(5-7-12)10(2)16/h4-7H,3,8-9H2,1-2H3,(H,15,17). The minimum absolute atomic E-state index is 0.0205. The van der Waals surface area contributed by atoms with Crippen LogP contribution in [0, 0.1) is 0 Å². The zero-order valence-electron chi connectivity index (χ0n) is 11.5. The number of esters is 1. The molecule has 0 radical (unpaired) electrons. The maximum absolute atomic E-state index is 11.6. The van der Waals surface area contributed by atoms with E-state index < -0.39 is 0 Å². The molecule has 1 aromatic carbocycles. The molecule has 0 heterocycles. The summed E-state index contributed by atoms with van der Waals surface area (Å²) in [7, 11) is 0. The summed E-state index contributed by atoms with van der Waals surface area (Å²) < 4.78 is 4.75. The lowest BCUT2D eigenvalue weighted by Gasteiger charge is -2.05. The molecule has 1 aromatic rings. The minimum atomic E-state index is -0.323.